The molecule has 1 aromatic carbocycles. The number of nitrogens with two attached hydrogens (primary N) is 1. The van der Waals surface area contributed by atoms with Crippen LogP contribution < -0.4 is 11.1 Å². The summed E-state index contributed by atoms with van der Waals surface area (Å²) in [7, 11) is 1.33. The highest BCUT2D eigenvalue weighted by Crippen LogP contribution is 2.15. The highest BCUT2D eigenvalue weighted by atomic mass is 19.4. The third kappa shape index (κ3) is 6.53. The lowest BCUT2D eigenvalue weighted by Gasteiger charge is -2.18. The highest BCUT2D eigenvalue weighted by molar-refractivity contribution is 5.90. The molecule has 0 heterocycles. The zero-order valence-corrected chi connectivity index (χ0v) is 11.2. The third-order valence-electron chi connectivity index (χ3n) is 2.62. The van der Waals surface area contributed by atoms with E-state index in [4.69, 9.17) is 5.73 Å². The summed E-state index contributed by atoms with van der Waals surface area (Å²) in [6.45, 7) is -0.622. The molecule has 0 saturated heterocycles. The molecule has 0 atom stereocenters. The van der Waals surface area contributed by atoms with Gasteiger partial charge in [0.15, 0.2) is 0 Å². The third-order valence-corrected chi connectivity index (χ3v) is 2.62. The predicted molar refractivity (Wildman–Crippen MR) is 71.1 cm³/mol. The summed E-state index contributed by atoms with van der Waals surface area (Å²) in [5.41, 5.74) is 6.95. The SMILES string of the molecule is CN(CCC(=O)Nc1cccc(CN)c1)CC(F)(F)F. The molecule has 0 aliphatic rings. The van der Waals surface area contributed by atoms with Crippen molar-refractivity contribution in [2.75, 3.05) is 25.5 Å². The maximum Gasteiger partial charge on any atom is 0.401 e. The van der Waals surface area contributed by atoms with E-state index >= 15 is 0 Å². The van der Waals surface area contributed by atoms with E-state index in [0.29, 0.717) is 12.2 Å². The first-order valence-electron chi connectivity index (χ1n) is 6.14. The van der Waals surface area contributed by atoms with Crippen LogP contribution in [0.4, 0.5) is 18.9 Å². The molecule has 0 aromatic heterocycles. The number of alkyl halides is 3. The van der Waals surface area contributed by atoms with Gasteiger partial charge in [-0.2, -0.15) is 13.2 Å². The van der Waals surface area contributed by atoms with Gasteiger partial charge in [0.05, 0.1) is 6.54 Å². The van der Waals surface area contributed by atoms with Crippen LogP contribution in [-0.2, 0) is 11.3 Å². The average Bonchev–Trinajstić information content (AvgIpc) is 2.34. The first-order valence-corrected chi connectivity index (χ1v) is 6.14. The van der Waals surface area contributed by atoms with Gasteiger partial charge in [-0.25, -0.2) is 0 Å². The van der Waals surface area contributed by atoms with Gasteiger partial charge in [-0.1, -0.05) is 12.1 Å². The van der Waals surface area contributed by atoms with Gasteiger partial charge < -0.3 is 11.1 Å². The van der Waals surface area contributed by atoms with Crippen molar-refractivity contribution >= 4 is 11.6 Å². The van der Waals surface area contributed by atoms with E-state index in [1.807, 2.05) is 6.07 Å². The highest BCUT2D eigenvalue weighted by Gasteiger charge is 2.29. The Bertz CT molecular complexity index is 449. The maximum atomic E-state index is 12.1. The van der Waals surface area contributed by atoms with Crippen molar-refractivity contribution in [1.82, 2.24) is 4.90 Å². The second-order valence-electron chi connectivity index (χ2n) is 4.56. The van der Waals surface area contributed by atoms with Crippen LogP contribution >= 0.6 is 0 Å². The van der Waals surface area contributed by atoms with Crippen LogP contribution in [0.3, 0.4) is 0 Å². The van der Waals surface area contributed by atoms with Gasteiger partial charge in [-0.15, -0.1) is 0 Å². The van der Waals surface area contributed by atoms with Crippen LogP contribution in [0.5, 0.6) is 0 Å². The molecule has 1 rings (SSSR count). The van der Waals surface area contributed by atoms with Crippen molar-refractivity contribution in [2.45, 2.75) is 19.1 Å². The van der Waals surface area contributed by atoms with Crippen molar-refractivity contribution in [3.8, 4) is 0 Å². The molecule has 0 spiro atoms. The zero-order chi connectivity index (χ0) is 15.2. The number of benzene rings is 1. The number of anilines is 1. The molecule has 1 aromatic rings. The Balaban J connectivity index is 2.40. The lowest BCUT2D eigenvalue weighted by Crippen LogP contribution is -2.33. The van der Waals surface area contributed by atoms with Crippen molar-refractivity contribution in [1.29, 1.82) is 0 Å². The van der Waals surface area contributed by atoms with Crippen LogP contribution in [-0.4, -0.2) is 37.1 Å². The van der Waals surface area contributed by atoms with Crippen LogP contribution in [0.1, 0.15) is 12.0 Å². The minimum absolute atomic E-state index is 0.000563. The Kier molecular flexibility index (Phi) is 5.97. The van der Waals surface area contributed by atoms with Crippen molar-refractivity contribution < 1.29 is 18.0 Å². The van der Waals surface area contributed by atoms with E-state index < -0.39 is 12.7 Å². The molecule has 0 unspecified atom stereocenters. The Morgan fingerprint density at radius 2 is 2.10 bits per heavy atom. The number of rotatable bonds is 6. The molecule has 0 radical (unpaired) electrons. The summed E-state index contributed by atoms with van der Waals surface area (Å²) in [5, 5.41) is 2.63. The quantitative estimate of drug-likeness (QED) is 0.841. The first kappa shape index (κ1) is 16.5. The van der Waals surface area contributed by atoms with E-state index in [2.05, 4.69) is 5.32 Å². The lowest BCUT2D eigenvalue weighted by atomic mass is 10.2. The normalized spacial score (nSPS) is 11.7. The van der Waals surface area contributed by atoms with E-state index in [9.17, 15) is 18.0 Å². The summed E-state index contributed by atoms with van der Waals surface area (Å²) < 4.78 is 36.3. The Morgan fingerprint density at radius 1 is 1.40 bits per heavy atom. The van der Waals surface area contributed by atoms with Crippen molar-refractivity contribution in [2.24, 2.45) is 5.73 Å². The summed E-state index contributed by atoms with van der Waals surface area (Å²) in [5.74, 6) is -0.326. The van der Waals surface area contributed by atoms with Gasteiger partial charge in [-0.05, 0) is 24.7 Å². The van der Waals surface area contributed by atoms with E-state index in [0.717, 1.165) is 10.5 Å². The Hall–Kier alpha value is -1.60. The van der Waals surface area contributed by atoms with Gasteiger partial charge in [0.2, 0.25) is 5.91 Å². The molecule has 0 aliphatic heterocycles. The predicted octanol–water partition coefficient (Wildman–Crippen LogP) is 1.97. The zero-order valence-electron chi connectivity index (χ0n) is 11.2. The van der Waals surface area contributed by atoms with Crippen LogP contribution in [0.15, 0.2) is 24.3 Å². The molecule has 0 aliphatic carbocycles. The molecule has 0 bridgehead atoms. The number of carbonyl (C=O) groups is 1. The number of nitrogens with zero attached hydrogens (tertiary/aromatic N) is 1. The monoisotopic (exact) mass is 289 g/mol. The fourth-order valence-corrected chi connectivity index (χ4v) is 1.68. The summed E-state index contributed by atoms with van der Waals surface area (Å²) in [4.78, 5) is 12.7. The van der Waals surface area contributed by atoms with Crippen LogP contribution in [0, 0.1) is 0 Å². The summed E-state index contributed by atoms with van der Waals surface area (Å²) in [6.07, 6.45) is -4.25. The van der Waals surface area contributed by atoms with E-state index in [1.165, 1.54) is 7.05 Å². The van der Waals surface area contributed by atoms with E-state index in [-0.39, 0.29) is 18.9 Å². The number of hydrogen-bond donors (Lipinski definition) is 2. The minimum atomic E-state index is -4.25. The number of nitrogens with one attached hydrogen (secondary N) is 1. The Labute approximate surface area is 115 Å². The molecule has 3 N–H and O–H groups in total. The topological polar surface area (TPSA) is 58.4 Å². The molecule has 4 nitrogen and oxygen atoms in total. The molecule has 1 amide bonds. The second kappa shape index (κ2) is 7.25. The van der Waals surface area contributed by atoms with E-state index in [1.54, 1.807) is 18.2 Å². The fourth-order valence-electron chi connectivity index (χ4n) is 1.68. The largest absolute Gasteiger partial charge is 0.401 e. The number of halogens is 3. The van der Waals surface area contributed by atoms with Crippen LogP contribution in [0.25, 0.3) is 0 Å². The molecule has 0 fully saturated rings. The van der Waals surface area contributed by atoms with Gasteiger partial charge >= 0.3 is 6.18 Å². The molecule has 7 heteroatoms. The maximum absolute atomic E-state index is 12.1. The molecule has 20 heavy (non-hydrogen) atoms. The smallest absolute Gasteiger partial charge is 0.326 e. The minimum Gasteiger partial charge on any atom is -0.326 e. The second-order valence-corrected chi connectivity index (χ2v) is 4.56. The fraction of sp³-hybridized carbons (Fsp3) is 0.462. The van der Waals surface area contributed by atoms with Gasteiger partial charge in [-0.3, -0.25) is 9.69 Å². The lowest BCUT2D eigenvalue weighted by molar-refractivity contribution is -0.144. The summed E-state index contributed by atoms with van der Waals surface area (Å²) in [6, 6.07) is 7.02. The van der Waals surface area contributed by atoms with Crippen molar-refractivity contribution in [3.63, 3.8) is 0 Å². The number of carbonyl (C=O) groups excluding carboxylic acids is 1. The Morgan fingerprint density at radius 3 is 2.70 bits per heavy atom. The standard InChI is InChI=1S/C13H18F3N3O/c1-19(9-13(14,15)16)6-5-12(20)18-11-4-2-3-10(7-11)8-17/h2-4,7H,5-6,8-9,17H2,1H3,(H,18,20). The van der Waals surface area contributed by atoms with Crippen molar-refractivity contribution in [3.05, 3.63) is 29.8 Å². The molecular formula is C13H18F3N3O. The van der Waals surface area contributed by atoms with Gasteiger partial charge in [0.25, 0.3) is 0 Å². The molecule has 112 valence electrons. The summed E-state index contributed by atoms with van der Waals surface area (Å²) >= 11 is 0. The number of amides is 1. The first-order chi connectivity index (χ1) is 9.30. The van der Waals surface area contributed by atoms with Gasteiger partial charge in [0.1, 0.15) is 0 Å². The van der Waals surface area contributed by atoms with Gasteiger partial charge in [0, 0.05) is 25.2 Å². The molecular weight excluding hydrogens is 271 g/mol. The molecule has 0 saturated carbocycles. The number of hydrogen-bond acceptors (Lipinski definition) is 3. The van der Waals surface area contributed by atoms with Crippen LogP contribution in [0.2, 0.25) is 0 Å². The average molecular weight is 289 g/mol.